The number of aliphatic imine (C=N–C) groups is 1. The largest absolute Gasteiger partial charge is 0.394 e. The van der Waals surface area contributed by atoms with Gasteiger partial charge in [-0.2, -0.15) is 0 Å². The van der Waals surface area contributed by atoms with E-state index in [0.717, 1.165) is 5.56 Å². The van der Waals surface area contributed by atoms with Gasteiger partial charge in [0.1, 0.15) is 6.04 Å². The van der Waals surface area contributed by atoms with Crippen LogP contribution in [0, 0.1) is 0 Å². The van der Waals surface area contributed by atoms with Crippen molar-refractivity contribution in [2.75, 3.05) is 18.5 Å². The van der Waals surface area contributed by atoms with E-state index >= 15 is 0 Å². The molecule has 2 rings (SSSR count). The smallest absolute Gasteiger partial charge is 0.320 e. The molecular formula is C20H24ClN7O4. The van der Waals surface area contributed by atoms with Crippen molar-refractivity contribution in [1.82, 2.24) is 16.0 Å². The molecular weight excluding hydrogens is 438 g/mol. The number of carbonyl (C=O) groups excluding carboxylic acids is 3. The summed E-state index contributed by atoms with van der Waals surface area (Å²) in [5.74, 6) is -1.23. The molecule has 2 aromatic rings. The van der Waals surface area contributed by atoms with E-state index < -0.39 is 30.5 Å². The zero-order valence-corrected chi connectivity index (χ0v) is 17.7. The van der Waals surface area contributed by atoms with Crippen molar-refractivity contribution >= 4 is 46.8 Å². The molecule has 0 saturated heterocycles. The maximum Gasteiger partial charge on any atom is 0.320 e. The van der Waals surface area contributed by atoms with Gasteiger partial charge >= 0.3 is 6.03 Å². The summed E-state index contributed by atoms with van der Waals surface area (Å²) in [6, 6.07) is 11.4. The Morgan fingerprint density at radius 2 is 1.72 bits per heavy atom. The van der Waals surface area contributed by atoms with Gasteiger partial charge in [0.05, 0.1) is 29.5 Å². The second kappa shape index (κ2) is 12.1. The van der Waals surface area contributed by atoms with Crippen LogP contribution in [0.1, 0.15) is 5.56 Å². The van der Waals surface area contributed by atoms with Crippen LogP contribution < -0.4 is 32.7 Å². The summed E-state index contributed by atoms with van der Waals surface area (Å²) in [5.41, 5.74) is 12.3. The lowest BCUT2D eigenvalue weighted by atomic mass is 10.2. The quantitative estimate of drug-likeness (QED) is 0.206. The Balaban J connectivity index is 1.77. The highest BCUT2D eigenvalue weighted by Crippen LogP contribution is 2.20. The highest BCUT2D eigenvalue weighted by molar-refractivity contribution is 6.33. The first-order valence-corrected chi connectivity index (χ1v) is 9.82. The number of amides is 4. The Kier molecular flexibility index (Phi) is 9.26. The van der Waals surface area contributed by atoms with Gasteiger partial charge in [-0.05, 0) is 29.8 Å². The molecule has 9 N–H and O–H groups in total. The van der Waals surface area contributed by atoms with Crippen molar-refractivity contribution in [1.29, 1.82) is 0 Å². The Bertz CT molecular complexity index is 978. The van der Waals surface area contributed by atoms with Crippen molar-refractivity contribution in [3.63, 3.8) is 0 Å². The SMILES string of the molecule is NC(N)=Nc1ccc(CNC(=O)CNC(=O)C(CO)NC(=O)Nc2ccccc2Cl)cc1. The number of hydrogen-bond acceptors (Lipinski definition) is 5. The van der Waals surface area contributed by atoms with E-state index in [1.807, 2.05) is 0 Å². The van der Waals surface area contributed by atoms with E-state index in [1.165, 1.54) is 0 Å². The molecule has 0 aliphatic heterocycles. The van der Waals surface area contributed by atoms with Crippen LogP contribution >= 0.6 is 11.6 Å². The number of aliphatic hydroxyl groups is 1. The highest BCUT2D eigenvalue weighted by Gasteiger charge is 2.20. The molecule has 0 spiro atoms. The average Bonchev–Trinajstić information content (AvgIpc) is 2.76. The number of halogens is 1. The Morgan fingerprint density at radius 3 is 2.34 bits per heavy atom. The topological polar surface area (TPSA) is 184 Å². The van der Waals surface area contributed by atoms with E-state index in [0.29, 0.717) is 16.4 Å². The van der Waals surface area contributed by atoms with Crippen LogP contribution in [0.15, 0.2) is 53.5 Å². The molecule has 0 fully saturated rings. The monoisotopic (exact) mass is 461 g/mol. The van der Waals surface area contributed by atoms with Gasteiger partial charge < -0.3 is 37.8 Å². The number of aliphatic hydroxyl groups excluding tert-OH is 1. The second-order valence-corrected chi connectivity index (χ2v) is 6.92. The van der Waals surface area contributed by atoms with E-state index in [1.54, 1.807) is 48.5 Å². The maximum absolute atomic E-state index is 12.2. The number of para-hydroxylation sites is 1. The Hall–Kier alpha value is -3.83. The van der Waals surface area contributed by atoms with Gasteiger partial charge in [0, 0.05) is 6.54 Å². The third-order valence-electron chi connectivity index (χ3n) is 4.03. The van der Waals surface area contributed by atoms with Gasteiger partial charge in [-0.15, -0.1) is 0 Å². The fourth-order valence-electron chi connectivity index (χ4n) is 2.46. The summed E-state index contributed by atoms with van der Waals surface area (Å²) in [7, 11) is 0. The van der Waals surface area contributed by atoms with Crippen LogP contribution in [0.4, 0.5) is 16.2 Å². The lowest BCUT2D eigenvalue weighted by Gasteiger charge is -2.17. The first-order chi connectivity index (χ1) is 15.3. The number of nitrogens with two attached hydrogens (primary N) is 2. The summed E-state index contributed by atoms with van der Waals surface area (Å²) >= 11 is 5.96. The number of benzene rings is 2. The number of nitrogens with one attached hydrogen (secondary N) is 4. The second-order valence-electron chi connectivity index (χ2n) is 6.51. The van der Waals surface area contributed by atoms with E-state index in [-0.39, 0.29) is 19.0 Å². The maximum atomic E-state index is 12.2. The number of hydrogen-bond donors (Lipinski definition) is 7. The van der Waals surface area contributed by atoms with Gasteiger partial charge in [-0.3, -0.25) is 9.59 Å². The van der Waals surface area contributed by atoms with Crippen LogP contribution in [-0.2, 0) is 16.1 Å². The predicted octanol–water partition coefficient (Wildman–Crippen LogP) is 0.160. The molecule has 12 heteroatoms. The first kappa shape index (κ1) is 24.4. The van der Waals surface area contributed by atoms with Crippen molar-refractivity contribution in [2.45, 2.75) is 12.6 Å². The minimum Gasteiger partial charge on any atom is -0.394 e. The van der Waals surface area contributed by atoms with Crippen molar-refractivity contribution in [2.24, 2.45) is 16.5 Å². The van der Waals surface area contributed by atoms with Crippen molar-refractivity contribution in [3.05, 3.63) is 59.1 Å². The fourth-order valence-corrected chi connectivity index (χ4v) is 2.65. The minimum absolute atomic E-state index is 0.0567. The Labute approximate surface area is 189 Å². The van der Waals surface area contributed by atoms with Gasteiger partial charge in [0.2, 0.25) is 11.8 Å². The first-order valence-electron chi connectivity index (χ1n) is 9.44. The number of guanidine groups is 1. The molecule has 0 radical (unpaired) electrons. The van der Waals surface area contributed by atoms with Crippen LogP contribution in [0.2, 0.25) is 5.02 Å². The minimum atomic E-state index is -1.26. The lowest BCUT2D eigenvalue weighted by molar-refractivity contribution is -0.127. The number of anilines is 1. The van der Waals surface area contributed by atoms with Gasteiger partial charge in [0.25, 0.3) is 0 Å². The molecule has 1 atom stereocenters. The van der Waals surface area contributed by atoms with Crippen LogP contribution in [0.25, 0.3) is 0 Å². The fraction of sp³-hybridized carbons (Fsp3) is 0.200. The number of carbonyl (C=O) groups is 3. The van der Waals surface area contributed by atoms with Gasteiger partial charge in [-0.1, -0.05) is 35.9 Å². The van der Waals surface area contributed by atoms with Crippen molar-refractivity contribution in [3.8, 4) is 0 Å². The number of rotatable bonds is 9. The average molecular weight is 462 g/mol. The van der Waals surface area contributed by atoms with Gasteiger partial charge in [0.15, 0.2) is 5.96 Å². The summed E-state index contributed by atoms with van der Waals surface area (Å²) in [6.07, 6.45) is 0. The molecule has 0 bridgehead atoms. The zero-order valence-electron chi connectivity index (χ0n) is 17.0. The molecule has 0 heterocycles. The zero-order chi connectivity index (χ0) is 23.5. The van der Waals surface area contributed by atoms with E-state index in [9.17, 15) is 19.5 Å². The number of nitrogens with zero attached hydrogens (tertiary/aromatic N) is 1. The molecule has 11 nitrogen and oxygen atoms in total. The molecule has 0 aliphatic rings. The standard InChI is InChI=1S/C20H24ClN7O4/c21-14-3-1-2-4-15(14)27-20(32)28-16(11-29)18(31)25-10-17(30)24-9-12-5-7-13(8-6-12)26-19(22)23/h1-8,16,29H,9-11H2,(H,24,30)(H,25,31)(H4,22,23,26)(H2,27,28,32). The highest BCUT2D eigenvalue weighted by atomic mass is 35.5. The van der Waals surface area contributed by atoms with Crippen LogP contribution in [0.5, 0.6) is 0 Å². The molecule has 170 valence electrons. The molecule has 0 aliphatic carbocycles. The Morgan fingerprint density at radius 1 is 1.03 bits per heavy atom. The van der Waals surface area contributed by atoms with E-state index in [4.69, 9.17) is 23.1 Å². The third-order valence-corrected chi connectivity index (χ3v) is 4.36. The lowest BCUT2D eigenvalue weighted by Crippen LogP contribution is -2.51. The van der Waals surface area contributed by atoms with Crippen LogP contribution in [0.3, 0.4) is 0 Å². The summed E-state index contributed by atoms with van der Waals surface area (Å²) < 4.78 is 0. The summed E-state index contributed by atoms with van der Waals surface area (Å²) in [6.45, 7) is -0.778. The molecule has 0 saturated carbocycles. The molecule has 4 amide bonds. The third kappa shape index (κ3) is 8.13. The summed E-state index contributed by atoms with van der Waals surface area (Å²) in [4.78, 5) is 40.1. The molecule has 1 unspecified atom stereocenters. The predicted molar refractivity (Wildman–Crippen MR) is 121 cm³/mol. The number of urea groups is 1. The van der Waals surface area contributed by atoms with Crippen molar-refractivity contribution < 1.29 is 19.5 Å². The van der Waals surface area contributed by atoms with Crippen LogP contribution in [-0.4, -0.2) is 48.1 Å². The summed E-state index contributed by atoms with van der Waals surface area (Å²) in [5, 5.41) is 19.5. The van der Waals surface area contributed by atoms with Gasteiger partial charge in [-0.25, -0.2) is 9.79 Å². The molecule has 0 aromatic heterocycles. The van der Waals surface area contributed by atoms with E-state index in [2.05, 4.69) is 26.3 Å². The molecule has 32 heavy (non-hydrogen) atoms. The molecule has 2 aromatic carbocycles. The normalized spacial score (nSPS) is 11.1.